The molecule has 1 aromatic rings. The molecule has 0 saturated carbocycles. The molecule has 16 heavy (non-hydrogen) atoms. The number of aryl methyl sites for hydroxylation is 2. The van der Waals surface area contributed by atoms with Crippen LogP contribution in [0.4, 0.5) is 0 Å². The van der Waals surface area contributed by atoms with E-state index in [0.29, 0.717) is 0 Å². The van der Waals surface area contributed by atoms with Crippen molar-refractivity contribution in [2.24, 2.45) is 9.98 Å². The fourth-order valence-electron chi connectivity index (χ4n) is 2.00. The molecule has 0 unspecified atom stereocenters. The summed E-state index contributed by atoms with van der Waals surface area (Å²) in [6.45, 7) is 6.02. The lowest BCUT2D eigenvalue weighted by Gasteiger charge is -2.03. The first-order valence-electron chi connectivity index (χ1n) is 5.85. The van der Waals surface area contributed by atoms with Gasteiger partial charge in [0.15, 0.2) is 0 Å². The minimum Gasteiger partial charge on any atom is -0.292 e. The zero-order valence-corrected chi connectivity index (χ0v) is 10.0. The van der Waals surface area contributed by atoms with E-state index in [1.165, 1.54) is 28.8 Å². The van der Waals surface area contributed by atoms with Gasteiger partial charge in [-0.1, -0.05) is 18.2 Å². The van der Waals surface area contributed by atoms with Gasteiger partial charge in [0, 0.05) is 18.5 Å². The molecule has 0 radical (unpaired) electrons. The van der Waals surface area contributed by atoms with Gasteiger partial charge in [0.2, 0.25) is 0 Å². The van der Waals surface area contributed by atoms with Crippen LogP contribution in [0.3, 0.4) is 0 Å². The third-order valence-corrected chi connectivity index (χ3v) is 3.00. The molecule has 0 aliphatic carbocycles. The first-order valence-corrected chi connectivity index (χ1v) is 5.85. The molecule has 2 heteroatoms. The highest BCUT2D eigenvalue weighted by atomic mass is 14.8. The van der Waals surface area contributed by atoms with Crippen LogP contribution in [-0.4, -0.2) is 25.0 Å². The molecular formula is C14H18N2. The van der Waals surface area contributed by atoms with Crippen molar-refractivity contribution in [2.75, 3.05) is 13.1 Å². The molecule has 84 valence electrons. The Hall–Kier alpha value is -1.44. The number of benzene rings is 1. The summed E-state index contributed by atoms with van der Waals surface area (Å²) in [5, 5.41) is 0. The molecule has 0 aromatic heterocycles. The molecule has 1 aromatic carbocycles. The fraction of sp³-hybridized carbons (Fsp3) is 0.429. The molecule has 0 bridgehead atoms. The maximum absolute atomic E-state index is 4.49. The van der Waals surface area contributed by atoms with Crippen LogP contribution in [0.15, 0.2) is 28.2 Å². The van der Waals surface area contributed by atoms with Gasteiger partial charge in [-0.25, -0.2) is 0 Å². The molecule has 2 nitrogen and oxygen atoms in total. The quantitative estimate of drug-likeness (QED) is 0.691. The van der Waals surface area contributed by atoms with E-state index in [-0.39, 0.29) is 0 Å². The first kappa shape index (κ1) is 11.1. The van der Waals surface area contributed by atoms with Gasteiger partial charge in [0.25, 0.3) is 0 Å². The molecule has 0 fully saturated rings. The van der Waals surface area contributed by atoms with E-state index in [1.54, 1.807) is 0 Å². The third-order valence-electron chi connectivity index (χ3n) is 3.00. The molecule has 1 heterocycles. The van der Waals surface area contributed by atoms with Crippen LogP contribution < -0.4 is 0 Å². The van der Waals surface area contributed by atoms with Crippen molar-refractivity contribution in [1.29, 1.82) is 0 Å². The highest BCUT2D eigenvalue weighted by molar-refractivity contribution is 5.91. The highest BCUT2D eigenvalue weighted by Crippen LogP contribution is 2.10. The lowest BCUT2D eigenvalue weighted by Crippen LogP contribution is -1.99. The van der Waals surface area contributed by atoms with Crippen molar-refractivity contribution in [3.63, 3.8) is 0 Å². The van der Waals surface area contributed by atoms with Gasteiger partial charge in [-0.15, -0.1) is 0 Å². The van der Waals surface area contributed by atoms with E-state index in [9.17, 15) is 0 Å². The van der Waals surface area contributed by atoms with Crippen molar-refractivity contribution < 1.29 is 0 Å². The molecule has 0 N–H and O–H groups in total. The molecular weight excluding hydrogens is 196 g/mol. The minimum absolute atomic E-state index is 0.772. The van der Waals surface area contributed by atoms with Gasteiger partial charge in [0.05, 0.1) is 6.54 Å². The van der Waals surface area contributed by atoms with Crippen LogP contribution in [0.5, 0.6) is 0 Å². The summed E-state index contributed by atoms with van der Waals surface area (Å²) in [4.78, 5) is 8.90. The van der Waals surface area contributed by atoms with E-state index in [0.717, 1.165) is 19.5 Å². The Bertz CT molecular complexity index is 410. The van der Waals surface area contributed by atoms with Gasteiger partial charge in [0.1, 0.15) is 0 Å². The van der Waals surface area contributed by atoms with Gasteiger partial charge >= 0.3 is 0 Å². The van der Waals surface area contributed by atoms with Gasteiger partial charge in [-0.2, -0.15) is 0 Å². The second-order valence-corrected chi connectivity index (χ2v) is 4.33. The lowest BCUT2D eigenvalue weighted by atomic mass is 10.0. The lowest BCUT2D eigenvalue weighted by molar-refractivity contribution is 0.949. The summed E-state index contributed by atoms with van der Waals surface area (Å²) in [5.74, 6) is 0. The molecule has 0 amide bonds. The molecule has 0 saturated heterocycles. The Morgan fingerprint density at radius 2 is 2.06 bits per heavy atom. The minimum atomic E-state index is 0.772. The molecule has 1 aliphatic rings. The third kappa shape index (κ3) is 2.57. The predicted octanol–water partition coefficient (Wildman–Crippen LogP) is 2.96. The van der Waals surface area contributed by atoms with Crippen molar-refractivity contribution in [1.82, 2.24) is 0 Å². The van der Waals surface area contributed by atoms with Crippen molar-refractivity contribution >= 4 is 11.9 Å². The second-order valence-electron chi connectivity index (χ2n) is 4.33. The average molecular weight is 214 g/mol. The molecule has 0 atom stereocenters. The maximum Gasteiger partial charge on any atom is 0.0768 e. The highest BCUT2D eigenvalue weighted by Gasteiger charge is 2.04. The fourth-order valence-corrected chi connectivity index (χ4v) is 2.00. The monoisotopic (exact) mass is 214 g/mol. The van der Waals surface area contributed by atoms with Crippen LogP contribution >= 0.6 is 0 Å². The zero-order chi connectivity index (χ0) is 11.4. The molecule has 0 spiro atoms. The van der Waals surface area contributed by atoms with E-state index >= 15 is 0 Å². The Labute approximate surface area is 97.1 Å². The van der Waals surface area contributed by atoms with E-state index in [4.69, 9.17) is 0 Å². The number of hydrogen-bond acceptors (Lipinski definition) is 2. The largest absolute Gasteiger partial charge is 0.292 e. The number of hydrogen-bond donors (Lipinski definition) is 0. The SMILES string of the molecule is Cc1cccc(C)c1C=NCC1=NCCC1. The molecule has 2 rings (SSSR count). The van der Waals surface area contributed by atoms with Crippen molar-refractivity contribution in [3.05, 3.63) is 34.9 Å². The zero-order valence-electron chi connectivity index (χ0n) is 10.0. The summed E-state index contributed by atoms with van der Waals surface area (Å²) in [6.07, 6.45) is 4.32. The van der Waals surface area contributed by atoms with Crippen molar-refractivity contribution in [3.8, 4) is 0 Å². The van der Waals surface area contributed by atoms with Crippen LogP contribution in [0.2, 0.25) is 0 Å². The Morgan fingerprint density at radius 3 is 2.69 bits per heavy atom. The van der Waals surface area contributed by atoms with Crippen molar-refractivity contribution in [2.45, 2.75) is 26.7 Å². The normalized spacial score (nSPS) is 15.8. The second kappa shape index (κ2) is 5.06. The van der Waals surface area contributed by atoms with Crippen LogP contribution in [0.25, 0.3) is 0 Å². The summed E-state index contributed by atoms with van der Waals surface area (Å²) in [6, 6.07) is 6.34. The number of rotatable bonds is 3. The average Bonchev–Trinajstić information content (AvgIpc) is 2.75. The van der Waals surface area contributed by atoms with E-state index in [2.05, 4.69) is 42.0 Å². The van der Waals surface area contributed by atoms with Crippen LogP contribution in [0, 0.1) is 13.8 Å². The summed E-state index contributed by atoms with van der Waals surface area (Å²) >= 11 is 0. The summed E-state index contributed by atoms with van der Waals surface area (Å²) in [7, 11) is 0. The van der Waals surface area contributed by atoms with Gasteiger partial charge in [-0.05, 0) is 43.4 Å². The number of aliphatic imine (C=N–C) groups is 2. The summed E-state index contributed by atoms with van der Waals surface area (Å²) < 4.78 is 0. The van der Waals surface area contributed by atoms with Gasteiger partial charge in [-0.3, -0.25) is 9.98 Å². The molecule has 1 aliphatic heterocycles. The number of nitrogens with zero attached hydrogens (tertiary/aromatic N) is 2. The summed E-state index contributed by atoms with van der Waals surface area (Å²) in [5.41, 5.74) is 5.08. The predicted molar refractivity (Wildman–Crippen MR) is 69.9 cm³/mol. The Balaban J connectivity index is 2.05. The topological polar surface area (TPSA) is 24.7 Å². The van der Waals surface area contributed by atoms with Crippen LogP contribution in [0.1, 0.15) is 29.5 Å². The first-order chi connectivity index (χ1) is 7.77. The van der Waals surface area contributed by atoms with Crippen LogP contribution in [-0.2, 0) is 0 Å². The Morgan fingerprint density at radius 1 is 1.31 bits per heavy atom. The standard InChI is InChI=1S/C14H18N2/c1-11-5-3-6-12(2)14(11)10-15-9-13-7-4-8-16-13/h3,5-6,10H,4,7-9H2,1-2H3. The maximum atomic E-state index is 4.49. The van der Waals surface area contributed by atoms with E-state index in [1.807, 2.05) is 6.21 Å². The van der Waals surface area contributed by atoms with E-state index < -0.39 is 0 Å². The van der Waals surface area contributed by atoms with Gasteiger partial charge < -0.3 is 0 Å². The smallest absolute Gasteiger partial charge is 0.0768 e. The Kier molecular flexibility index (Phi) is 3.50.